The van der Waals surface area contributed by atoms with E-state index in [1.54, 1.807) is 6.20 Å². The Morgan fingerprint density at radius 3 is 2.74 bits per heavy atom. The van der Waals surface area contributed by atoms with E-state index in [9.17, 15) is 5.11 Å². The number of aliphatic hydroxyl groups excluding tert-OH is 1. The van der Waals surface area contributed by atoms with Crippen LogP contribution in [0.15, 0.2) is 53.1 Å². The zero-order valence-electron chi connectivity index (χ0n) is 18.9. The summed E-state index contributed by atoms with van der Waals surface area (Å²) in [5, 5.41) is 12.8. The summed E-state index contributed by atoms with van der Waals surface area (Å²) in [6.07, 6.45) is 3.17. The topological polar surface area (TPSA) is 74.5 Å². The van der Waals surface area contributed by atoms with Gasteiger partial charge in [0.2, 0.25) is 5.89 Å². The molecule has 2 aromatic heterocycles. The number of likely N-dealkylation sites (tertiary alicyclic amines) is 1. The molecular weight excluding hydrogens is 473 g/mol. The van der Waals surface area contributed by atoms with Crippen LogP contribution in [-0.2, 0) is 0 Å². The fourth-order valence-corrected chi connectivity index (χ4v) is 4.91. The van der Waals surface area contributed by atoms with Crippen molar-refractivity contribution >= 4 is 34.1 Å². The average molecular weight is 500 g/mol. The molecular formula is C26H27Cl2N3O3. The number of nitrogens with one attached hydrogen (secondary N) is 1. The highest BCUT2D eigenvalue weighted by Crippen LogP contribution is 2.33. The van der Waals surface area contributed by atoms with Crippen LogP contribution in [0.25, 0.3) is 22.5 Å². The van der Waals surface area contributed by atoms with Crippen LogP contribution in [-0.4, -0.2) is 52.3 Å². The van der Waals surface area contributed by atoms with Crippen LogP contribution in [0.3, 0.4) is 0 Å². The third-order valence-corrected chi connectivity index (χ3v) is 7.12. The zero-order chi connectivity index (χ0) is 23.7. The van der Waals surface area contributed by atoms with Gasteiger partial charge >= 0.3 is 0 Å². The van der Waals surface area contributed by atoms with Gasteiger partial charge in [0.25, 0.3) is 0 Å². The third-order valence-electron chi connectivity index (χ3n) is 6.38. The Balaban J connectivity index is 1.16. The Morgan fingerprint density at radius 1 is 1.18 bits per heavy atom. The molecule has 8 heteroatoms. The second kappa shape index (κ2) is 10.0. The Kier molecular flexibility index (Phi) is 6.84. The van der Waals surface area contributed by atoms with Crippen molar-refractivity contribution in [3.05, 3.63) is 70.0 Å². The minimum Gasteiger partial charge on any atom is -0.490 e. The molecule has 1 aliphatic heterocycles. The molecule has 3 heterocycles. The van der Waals surface area contributed by atoms with Crippen molar-refractivity contribution in [2.75, 3.05) is 26.2 Å². The maximum Gasteiger partial charge on any atom is 0.243 e. The minimum absolute atomic E-state index is 0.227. The maximum absolute atomic E-state index is 10.6. The number of H-pyrrole nitrogens is 1. The molecule has 1 unspecified atom stereocenters. The van der Waals surface area contributed by atoms with Crippen LogP contribution >= 0.6 is 23.2 Å². The lowest BCUT2D eigenvalue weighted by molar-refractivity contribution is 0.0599. The molecule has 2 N–H and O–H groups in total. The van der Waals surface area contributed by atoms with Crippen molar-refractivity contribution in [3.63, 3.8) is 0 Å². The van der Waals surface area contributed by atoms with Crippen molar-refractivity contribution in [2.24, 2.45) is 0 Å². The van der Waals surface area contributed by atoms with Gasteiger partial charge in [-0.15, -0.1) is 0 Å². The van der Waals surface area contributed by atoms with Gasteiger partial charge in [-0.1, -0.05) is 35.3 Å². The van der Waals surface area contributed by atoms with Crippen LogP contribution in [0.5, 0.6) is 5.75 Å². The van der Waals surface area contributed by atoms with E-state index in [1.165, 1.54) is 5.56 Å². The number of aromatic nitrogens is 2. The van der Waals surface area contributed by atoms with Crippen molar-refractivity contribution in [1.82, 2.24) is 14.9 Å². The number of benzene rings is 2. The van der Waals surface area contributed by atoms with Crippen LogP contribution in [0.2, 0.25) is 10.0 Å². The number of nitrogens with zero attached hydrogens (tertiary/aromatic N) is 2. The number of oxazole rings is 1. The fraction of sp³-hybridized carbons (Fsp3) is 0.346. The number of aliphatic hydroxyl groups is 1. The predicted octanol–water partition coefficient (Wildman–Crippen LogP) is 6.06. The van der Waals surface area contributed by atoms with Crippen molar-refractivity contribution in [3.8, 4) is 17.3 Å². The number of aromatic amines is 1. The number of piperidine rings is 1. The molecule has 0 aliphatic carbocycles. The number of hydrogen-bond acceptors (Lipinski definition) is 5. The third kappa shape index (κ3) is 5.10. The highest BCUT2D eigenvalue weighted by atomic mass is 35.5. The molecule has 178 valence electrons. The van der Waals surface area contributed by atoms with Crippen molar-refractivity contribution < 1.29 is 14.3 Å². The van der Waals surface area contributed by atoms with Crippen molar-refractivity contribution in [2.45, 2.75) is 31.8 Å². The van der Waals surface area contributed by atoms with Gasteiger partial charge in [0.1, 0.15) is 29.9 Å². The van der Waals surface area contributed by atoms with Gasteiger partial charge in [-0.25, -0.2) is 4.98 Å². The predicted molar refractivity (Wildman–Crippen MR) is 135 cm³/mol. The minimum atomic E-state index is -0.579. The number of halogens is 2. The standard InChI is InChI=1S/C26H27Cl2N3O3/c1-16-13-29-26(34-16)24-12-20-23(30-24)3-2-4-25(20)33-15-19(32)14-31-9-7-17(8-10-31)18-5-6-21(27)22(28)11-18/h2-6,11-13,17,19,30,32H,7-10,14-15H2,1H3. The lowest BCUT2D eigenvalue weighted by Crippen LogP contribution is -2.40. The number of aryl methyl sites for hydroxylation is 1. The summed E-state index contributed by atoms with van der Waals surface area (Å²) >= 11 is 12.2. The molecule has 1 fully saturated rings. The molecule has 0 bridgehead atoms. The molecule has 34 heavy (non-hydrogen) atoms. The fourth-order valence-electron chi connectivity index (χ4n) is 4.60. The summed E-state index contributed by atoms with van der Waals surface area (Å²) in [7, 11) is 0. The van der Waals surface area contributed by atoms with E-state index in [0.29, 0.717) is 28.4 Å². The smallest absolute Gasteiger partial charge is 0.243 e. The number of ether oxygens (including phenoxy) is 1. The van der Waals surface area contributed by atoms with Crippen molar-refractivity contribution in [1.29, 1.82) is 0 Å². The number of fused-ring (bicyclic) bond motifs is 1. The summed E-state index contributed by atoms with van der Waals surface area (Å²) in [5.74, 6) is 2.49. The first-order valence-electron chi connectivity index (χ1n) is 11.5. The van der Waals surface area contributed by atoms with E-state index in [0.717, 1.165) is 54.0 Å². The first kappa shape index (κ1) is 23.2. The SMILES string of the molecule is Cc1cnc(-c2cc3c(OCC(O)CN4CCC(c5ccc(Cl)c(Cl)c5)CC4)cccc3[nH]2)o1. The van der Waals surface area contributed by atoms with Gasteiger partial charge in [-0.3, -0.25) is 0 Å². The van der Waals surface area contributed by atoms with Gasteiger partial charge in [0.05, 0.1) is 16.2 Å². The highest BCUT2D eigenvalue weighted by molar-refractivity contribution is 6.42. The molecule has 4 aromatic rings. The van der Waals surface area contributed by atoms with E-state index in [4.69, 9.17) is 32.4 Å². The van der Waals surface area contributed by atoms with Crippen LogP contribution < -0.4 is 4.74 Å². The molecule has 1 atom stereocenters. The van der Waals surface area contributed by atoms with Crippen LogP contribution in [0.1, 0.15) is 30.1 Å². The largest absolute Gasteiger partial charge is 0.490 e. The summed E-state index contributed by atoms with van der Waals surface area (Å²) in [5.41, 5.74) is 2.96. The second-order valence-electron chi connectivity index (χ2n) is 8.89. The monoisotopic (exact) mass is 499 g/mol. The summed E-state index contributed by atoms with van der Waals surface area (Å²) in [6.45, 7) is 4.52. The summed E-state index contributed by atoms with van der Waals surface area (Å²) < 4.78 is 11.6. The number of β-amino-alcohol motifs (C(OH)–C–C–N with tert-alkyl or cyclic N) is 1. The molecule has 1 saturated heterocycles. The zero-order valence-corrected chi connectivity index (χ0v) is 20.4. The molecule has 6 nitrogen and oxygen atoms in total. The van der Waals surface area contributed by atoms with Crippen LogP contribution in [0, 0.1) is 6.92 Å². The molecule has 1 aliphatic rings. The Morgan fingerprint density at radius 2 is 2.00 bits per heavy atom. The van der Waals surface area contributed by atoms with E-state index in [2.05, 4.69) is 20.9 Å². The number of rotatable bonds is 7. The van der Waals surface area contributed by atoms with Crippen LogP contribution in [0.4, 0.5) is 0 Å². The van der Waals surface area contributed by atoms with Gasteiger partial charge < -0.3 is 24.1 Å². The first-order valence-corrected chi connectivity index (χ1v) is 12.2. The van der Waals surface area contributed by atoms with Gasteiger partial charge in [0, 0.05) is 17.4 Å². The van der Waals surface area contributed by atoms with E-state index < -0.39 is 6.10 Å². The van der Waals surface area contributed by atoms with Gasteiger partial charge in [0.15, 0.2) is 0 Å². The van der Waals surface area contributed by atoms with Gasteiger partial charge in [-0.05, 0) is 74.7 Å². The average Bonchev–Trinajstić information content (AvgIpc) is 3.46. The summed E-state index contributed by atoms with van der Waals surface area (Å²) in [4.78, 5) is 9.90. The molecule has 2 aromatic carbocycles. The second-order valence-corrected chi connectivity index (χ2v) is 9.70. The lowest BCUT2D eigenvalue weighted by Gasteiger charge is -2.33. The Bertz CT molecular complexity index is 1280. The Hall–Kier alpha value is -2.51. The van der Waals surface area contributed by atoms with E-state index >= 15 is 0 Å². The summed E-state index contributed by atoms with van der Waals surface area (Å²) in [6, 6.07) is 13.7. The molecule has 0 radical (unpaired) electrons. The molecule has 0 amide bonds. The quantitative estimate of drug-likeness (QED) is 0.323. The normalized spacial score (nSPS) is 16.2. The lowest BCUT2D eigenvalue weighted by atomic mass is 9.89. The molecule has 0 saturated carbocycles. The molecule has 0 spiro atoms. The van der Waals surface area contributed by atoms with E-state index in [-0.39, 0.29) is 6.61 Å². The maximum atomic E-state index is 10.6. The van der Waals surface area contributed by atoms with E-state index in [1.807, 2.05) is 43.3 Å². The first-order chi connectivity index (χ1) is 16.5. The highest BCUT2D eigenvalue weighted by Gasteiger charge is 2.23. The number of hydrogen-bond donors (Lipinski definition) is 2. The Labute approximate surface area is 208 Å². The molecule has 5 rings (SSSR count). The van der Waals surface area contributed by atoms with Gasteiger partial charge in [-0.2, -0.15) is 0 Å².